The molecule has 1 aromatic carbocycles. The largest absolute Gasteiger partial charge is 0.343 e. The third kappa shape index (κ3) is 2.94. The van der Waals surface area contributed by atoms with Gasteiger partial charge in [-0.3, -0.25) is 0 Å². The molecule has 0 atom stereocenters. The molecule has 0 fully saturated rings. The average Bonchev–Trinajstić information content (AvgIpc) is 2.26. The fraction of sp³-hybridized carbons (Fsp3) is 0.231. The number of hydrogen-bond acceptors (Lipinski definition) is 2. The number of aromatic nitrogens is 2. The lowest BCUT2D eigenvalue weighted by Gasteiger charge is -2.09. The van der Waals surface area contributed by atoms with E-state index < -0.39 is 0 Å². The molecule has 0 radical (unpaired) electrons. The van der Waals surface area contributed by atoms with Gasteiger partial charge in [0.1, 0.15) is 16.3 Å². The first-order valence-corrected chi connectivity index (χ1v) is 6.32. The van der Waals surface area contributed by atoms with E-state index in [0.29, 0.717) is 15.2 Å². The SMILES string of the molecule is CC(C)c1nc(=S)cc(-c2cc(F)cc(Cl)c2)[nH]1. The van der Waals surface area contributed by atoms with Crippen LogP contribution in [0.3, 0.4) is 0 Å². The molecule has 0 saturated carbocycles. The standard InChI is InChI=1S/C13H12ClFN2S/c1-7(2)13-16-11(6-12(18)17-13)8-3-9(14)5-10(15)4-8/h3-7H,1-2H3,(H,16,17,18). The lowest BCUT2D eigenvalue weighted by atomic mass is 10.1. The Morgan fingerprint density at radius 3 is 2.61 bits per heavy atom. The van der Waals surface area contributed by atoms with Crippen molar-refractivity contribution in [3.63, 3.8) is 0 Å². The monoisotopic (exact) mass is 282 g/mol. The van der Waals surface area contributed by atoms with Crippen molar-refractivity contribution in [1.82, 2.24) is 9.97 Å². The minimum Gasteiger partial charge on any atom is -0.343 e. The topological polar surface area (TPSA) is 28.7 Å². The summed E-state index contributed by atoms with van der Waals surface area (Å²) in [6, 6.07) is 6.07. The van der Waals surface area contributed by atoms with E-state index >= 15 is 0 Å². The number of rotatable bonds is 2. The Labute approximate surface area is 115 Å². The van der Waals surface area contributed by atoms with E-state index in [0.717, 1.165) is 11.5 Å². The molecule has 0 unspecified atom stereocenters. The van der Waals surface area contributed by atoms with E-state index in [9.17, 15) is 4.39 Å². The van der Waals surface area contributed by atoms with Gasteiger partial charge >= 0.3 is 0 Å². The molecule has 0 saturated heterocycles. The molecule has 0 bridgehead atoms. The molecule has 0 spiro atoms. The van der Waals surface area contributed by atoms with Gasteiger partial charge in [0, 0.05) is 22.2 Å². The molecule has 0 amide bonds. The highest BCUT2D eigenvalue weighted by Gasteiger charge is 2.07. The number of nitrogens with one attached hydrogen (secondary N) is 1. The molecular formula is C13H12ClFN2S. The van der Waals surface area contributed by atoms with Crippen LogP contribution in [0, 0.1) is 10.5 Å². The van der Waals surface area contributed by atoms with Crippen LogP contribution in [0.5, 0.6) is 0 Å². The normalized spacial score (nSPS) is 10.9. The van der Waals surface area contributed by atoms with E-state index in [4.69, 9.17) is 23.8 Å². The first-order chi connectivity index (χ1) is 8.45. The highest BCUT2D eigenvalue weighted by atomic mass is 35.5. The fourth-order valence-corrected chi connectivity index (χ4v) is 2.05. The number of H-pyrrole nitrogens is 1. The van der Waals surface area contributed by atoms with E-state index in [1.807, 2.05) is 13.8 Å². The van der Waals surface area contributed by atoms with Crippen LogP contribution >= 0.6 is 23.8 Å². The highest BCUT2D eigenvalue weighted by molar-refractivity contribution is 7.71. The molecule has 0 aliphatic rings. The van der Waals surface area contributed by atoms with Crippen molar-refractivity contribution in [1.29, 1.82) is 0 Å². The molecule has 0 aliphatic carbocycles. The smallest absolute Gasteiger partial charge is 0.130 e. The van der Waals surface area contributed by atoms with Crippen molar-refractivity contribution in [2.45, 2.75) is 19.8 Å². The van der Waals surface area contributed by atoms with Crippen molar-refractivity contribution in [3.05, 3.63) is 45.6 Å². The molecule has 1 heterocycles. The first-order valence-electron chi connectivity index (χ1n) is 5.53. The summed E-state index contributed by atoms with van der Waals surface area (Å²) in [6.07, 6.45) is 0. The van der Waals surface area contributed by atoms with Crippen LogP contribution in [-0.4, -0.2) is 9.97 Å². The number of nitrogens with zero attached hydrogens (tertiary/aromatic N) is 1. The Balaban J connectivity index is 2.60. The molecule has 2 rings (SSSR count). The van der Waals surface area contributed by atoms with E-state index in [2.05, 4.69) is 9.97 Å². The number of halogens is 2. The van der Waals surface area contributed by atoms with Gasteiger partial charge in [-0.2, -0.15) is 0 Å². The molecule has 2 nitrogen and oxygen atoms in total. The van der Waals surface area contributed by atoms with E-state index in [-0.39, 0.29) is 11.7 Å². The predicted octanol–water partition coefficient (Wildman–Crippen LogP) is 4.72. The van der Waals surface area contributed by atoms with Crippen LogP contribution in [-0.2, 0) is 0 Å². The highest BCUT2D eigenvalue weighted by Crippen LogP contribution is 2.24. The lowest BCUT2D eigenvalue weighted by molar-refractivity contribution is 0.628. The minimum atomic E-state index is -0.375. The van der Waals surface area contributed by atoms with Gasteiger partial charge in [-0.25, -0.2) is 9.37 Å². The van der Waals surface area contributed by atoms with E-state index in [1.165, 1.54) is 12.1 Å². The molecule has 0 aliphatic heterocycles. The summed E-state index contributed by atoms with van der Waals surface area (Å²) in [5.74, 6) is 0.619. The third-order valence-electron chi connectivity index (χ3n) is 2.48. The van der Waals surface area contributed by atoms with Gasteiger partial charge in [0.05, 0.1) is 0 Å². The molecule has 1 aromatic heterocycles. The molecule has 5 heteroatoms. The fourth-order valence-electron chi connectivity index (χ4n) is 1.61. The first kappa shape index (κ1) is 13.2. The summed E-state index contributed by atoms with van der Waals surface area (Å²) < 4.78 is 13.8. The summed E-state index contributed by atoms with van der Waals surface area (Å²) in [5.41, 5.74) is 1.38. The van der Waals surface area contributed by atoms with Gasteiger partial charge in [-0.1, -0.05) is 37.7 Å². The summed E-state index contributed by atoms with van der Waals surface area (Å²) in [5, 5.41) is 0.354. The second kappa shape index (κ2) is 5.16. The van der Waals surface area contributed by atoms with Crippen LogP contribution in [0.25, 0.3) is 11.3 Å². The zero-order chi connectivity index (χ0) is 13.3. The molecular weight excluding hydrogens is 271 g/mol. The van der Waals surface area contributed by atoms with Gasteiger partial charge < -0.3 is 4.98 Å². The Bertz CT molecular complexity index is 617. The van der Waals surface area contributed by atoms with Gasteiger partial charge in [-0.05, 0) is 24.3 Å². The molecule has 2 aromatic rings. The van der Waals surface area contributed by atoms with Gasteiger partial charge in [0.25, 0.3) is 0 Å². The maximum Gasteiger partial charge on any atom is 0.130 e. The van der Waals surface area contributed by atoms with E-state index in [1.54, 1.807) is 12.1 Å². The summed E-state index contributed by atoms with van der Waals surface area (Å²) in [4.78, 5) is 7.39. The van der Waals surface area contributed by atoms with Crippen molar-refractivity contribution in [2.75, 3.05) is 0 Å². The Morgan fingerprint density at radius 2 is 2.00 bits per heavy atom. The van der Waals surface area contributed by atoms with Crippen LogP contribution in [0.1, 0.15) is 25.6 Å². The van der Waals surface area contributed by atoms with Crippen molar-refractivity contribution >= 4 is 23.8 Å². The number of hydrogen-bond donors (Lipinski definition) is 1. The lowest BCUT2D eigenvalue weighted by Crippen LogP contribution is -1.99. The Morgan fingerprint density at radius 1 is 1.28 bits per heavy atom. The zero-order valence-corrected chi connectivity index (χ0v) is 11.6. The second-order valence-corrected chi connectivity index (χ2v) is 5.19. The number of benzene rings is 1. The van der Waals surface area contributed by atoms with Crippen molar-refractivity contribution in [2.24, 2.45) is 0 Å². The van der Waals surface area contributed by atoms with Crippen molar-refractivity contribution < 1.29 is 4.39 Å². The number of aromatic amines is 1. The van der Waals surface area contributed by atoms with Gasteiger partial charge in [0.15, 0.2) is 0 Å². The average molecular weight is 283 g/mol. The van der Waals surface area contributed by atoms with Crippen LogP contribution in [0.15, 0.2) is 24.3 Å². The maximum atomic E-state index is 13.3. The Kier molecular flexibility index (Phi) is 3.78. The Hall–Kier alpha value is -1.26. The van der Waals surface area contributed by atoms with Crippen LogP contribution < -0.4 is 0 Å². The summed E-state index contributed by atoms with van der Waals surface area (Å²) in [7, 11) is 0. The van der Waals surface area contributed by atoms with Crippen LogP contribution in [0.4, 0.5) is 4.39 Å². The molecule has 18 heavy (non-hydrogen) atoms. The maximum absolute atomic E-state index is 13.3. The van der Waals surface area contributed by atoms with Gasteiger partial charge in [-0.15, -0.1) is 0 Å². The third-order valence-corrected chi connectivity index (χ3v) is 2.91. The van der Waals surface area contributed by atoms with Gasteiger partial charge in [0.2, 0.25) is 0 Å². The quantitative estimate of drug-likeness (QED) is 0.807. The molecule has 1 N–H and O–H groups in total. The van der Waals surface area contributed by atoms with Crippen molar-refractivity contribution in [3.8, 4) is 11.3 Å². The zero-order valence-electron chi connectivity index (χ0n) is 10.00. The van der Waals surface area contributed by atoms with Crippen LogP contribution in [0.2, 0.25) is 5.02 Å². The summed E-state index contributed by atoms with van der Waals surface area (Å²) in [6.45, 7) is 4.02. The molecule has 94 valence electrons. The second-order valence-electron chi connectivity index (χ2n) is 4.33. The minimum absolute atomic E-state index is 0.218. The predicted molar refractivity (Wildman–Crippen MR) is 73.9 cm³/mol. The summed E-state index contributed by atoms with van der Waals surface area (Å²) >= 11 is 11.0.